The predicted molar refractivity (Wildman–Crippen MR) is 87.5 cm³/mol. The molecular weight excluding hydrogens is 284 g/mol. The highest BCUT2D eigenvalue weighted by Crippen LogP contribution is 2.43. The lowest BCUT2D eigenvalue weighted by molar-refractivity contribution is 0.163. The summed E-state index contributed by atoms with van der Waals surface area (Å²) in [4.78, 5) is 0. The summed E-state index contributed by atoms with van der Waals surface area (Å²) in [6, 6.07) is 12.4. The Morgan fingerprint density at radius 1 is 1.00 bits per heavy atom. The maximum atomic E-state index is 9.54. The minimum atomic E-state index is -0.00681. The highest BCUT2D eigenvalue weighted by Gasteiger charge is 2.26. The topological polar surface area (TPSA) is 49.7 Å². The number of fused-ring (bicyclic) bond motifs is 1. The fourth-order valence-electron chi connectivity index (χ4n) is 2.57. The maximum Gasteiger partial charge on any atom is 0.124 e. The first-order valence-electron chi connectivity index (χ1n) is 6.86. The molecule has 0 saturated carbocycles. The molecule has 0 radical (unpaired) electrons. The average molecular weight is 304 g/mol. The van der Waals surface area contributed by atoms with Crippen LogP contribution in [0.25, 0.3) is 0 Å². The number of thiol groups is 1. The first-order chi connectivity index (χ1) is 10.1. The van der Waals surface area contributed by atoms with Crippen LogP contribution in [-0.4, -0.2) is 16.5 Å². The number of hydrogen-bond acceptors (Lipinski definition) is 4. The van der Waals surface area contributed by atoms with Crippen LogP contribution in [0.5, 0.6) is 17.2 Å². The Morgan fingerprint density at radius 3 is 2.29 bits per heavy atom. The lowest BCUT2D eigenvalue weighted by Crippen LogP contribution is -2.17. The Morgan fingerprint density at radius 2 is 1.62 bits per heavy atom. The van der Waals surface area contributed by atoms with Gasteiger partial charge in [-0.05, 0) is 54.5 Å². The van der Waals surface area contributed by atoms with Crippen molar-refractivity contribution in [2.24, 2.45) is 0 Å². The Balaban J connectivity index is 0.000000774. The van der Waals surface area contributed by atoms with Crippen molar-refractivity contribution >= 4 is 12.6 Å². The number of hydrogen-bond donors (Lipinski definition) is 3. The van der Waals surface area contributed by atoms with Gasteiger partial charge in [0, 0.05) is 5.56 Å². The fraction of sp³-hybridized carbons (Fsp3) is 0.294. The van der Waals surface area contributed by atoms with Crippen molar-refractivity contribution in [3.8, 4) is 17.2 Å². The second-order valence-corrected chi connectivity index (χ2v) is 5.06. The van der Waals surface area contributed by atoms with Crippen LogP contribution in [0.15, 0.2) is 42.5 Å². The zero-order valence-corrected chi connectivity index (χ0v) is 13.0. The van der Waals surface area contributed by atoms with E-state index in [-0.39, 0.29) is 17.6 Å². The number of rotatable bonds is 1. The average Bonchev–Trinajstić information content (AvgIpc) is 2.50. The summed E-state index contributed by atoms with van der Waals surface area (Å²) in [5, 5.41) is 18.9. The molecule has 1 aliphatic rings. The van der Waals surface area contributed by atoms with E-state index in [2.05, 4.69) is 19.6 Å². The number of phenols is 2. The smallest absolute Gasteiger partial charge is 0.124 e. The first-order valence-corrected chi connectivity index (χ1v) is 7.76. The number of aromatic hydroxyl groups is 2. The lowest BCUT2D eigenvalue weighted by atomic mass is 9.89. The van der Waals surface area contributed by atoms with E-state index in [9.17, 15) is 10.2 Å². The second kappa shape index (κ2) is 6.76. The van der Waals surface area contributed by atoms with Crippen LogP contribution in [0.2, 0.25) is 0 Å². The molecule has 1 aliphatic heterocycles. The highest BCUT2D eigenvalue weighted by atomic mass is 32.1. The van der Waals surface area contributed by atoms with Crippen molar-refractivity contribution in [3.63, 3.8) is 0 Å². The van der Waals surface area contributed by atoms with Gasteiger partial charge < -0.3 is 14.9 Å². The van der Waals surface area contributed by atoms with E-state index in [4.69, 9.17) is 4.74 Å². The summed E-state index contributed by atoms with van der Waals surface area (Å²) in [5.74, 6) is 1.69. The maximum absolute atomic E-state index is 9.54. The van der Waals surface area contributed by atoms with Gasteiger partial charge in [0.1, 0.15) is 23.4 Å². The molecule has 3 nitrogen and oxygen atoms in total. The molecule has 2 N–H and O–H groups in total. The van der Waals surface area contributed by atoms with Crippen molar-refractivity contribution in [1.29, 1.82) is 0 Å². The van der Waals surface area contributed by atoms with Gasteiger partial charge >= 0.3 is 0 Å². The molecule has 0 spiro atoms. The van der Waals surface area contributed by atoms with Crippen molar-refractivity contribution < 1.29 is 14.9 Å². The molecule has 0 unspecified atom stereocenters. The van der Waals surface area contributed by atoms with Crippen LogP contribution in [0.1, 0.15) is 36.5 Å². The van der Waals surface area contributed by atoms with Crippen LogP contribution in [-0.2, 0) is 0 Å². The third kappa shape index (κ3) is 3.45. The Labute approximate surface area is 130 Å². The molecule has 2 aromatic carbocycles. The van der Waals surface area contributed by atoms with Gasteiger partial charge in [0.2, 0.25) is 0 Å². The molecule has 2 atom stereocenters. The molecule has 112 valence electrons. The number of benzene rings is 2. The largest absolute Gasteiger partial charge is 0.508 e. The van der Waals surface area contributed by atoms with Gasteiger partial charge in [0.25, 0.3) is 0 Å². The van der Waals surface area contributed by atoms with Crippen LogP contribution in [0.4, 0.5) is 0 Å². The SMILES string of the molecule is CS.C[C@@H]1C[C@H](c2ccc(O)cc2)Oc2ccc(O)cc21. The number of ether oxygens (including phenoxy) is 1. The van der Waals surface area contributed by atoms with Crippen LogP contribution >= 0.6 is 12.6 Å². The van der Waals surface area contributed by atoms with Gasteiger partial charge in [-0.2, -0.15) is 12.6 Å². The van der Waals surface area contributed by atoms with E-state index in [0.29, 0.717) is 5.92 Å². The van der Waals surface area contributed by atoms with E-state index >= 15 is 0 Å². The normalized spacial score (nSPS) is 19.8. The van der Waals surface area contributed by atoms with Gasteiger partial charge in [0.05, 0.1) is 0 Å². The molecule has 0 amide bonds. The summed E-state index contributed by atoms with van der Waals surface area (Å²) in [6.07, 6.45) is 2.55. The molecular formula is C17H20O3S. The molecule has 1 heterocycles. The van der Waals surface area contributed by atoms with Crippen molar-refractivity contribution in [3.05, 3.63) is 53.6 Å². The van der Waals surface area contributed by atoms with Crippen molar-refractivity contribution in [1.82, 2.24) is 0 Å². The van der Waals surface area contributed by atoms with Gasteiger partial charge in [-0.3, -0.25) is 0 Å². The molecule has 0 bridgehead atoms. The zero-order chi connectivity index (χ0) is 15.4. The molecule has 0 aliphatic carbocycles. The van der Waals surface area contributed by atoms with Crippen molar-refractivity contribution in [2.45, 2.75) is 25.4 Å². The van der Waals surface area contributed by atoms with E-state index in [1.807, 2.05) is 18.2 Å². The molecule has 3 rings (SSSR count). The standard InChI is InChI=1S/C16H16O3.CH4S/c1-10-8-16(11-2-4-12(17)5-3-11)19-15-7-6-13(18)9-14(10)15;1-2/h2-7,9-10,16-18H,8H2,1H3;2H,1H3/t10-,16-;/m1./s1. The van der Waals surface area contributed by atoms with E-state index in [1.165, 1.54) is 0 Å². The second-order valence-electron chi connectivity index (χ2n) is 5.06. The van der Waals surface area contributed by atoms with Gasteiger partial charge in [-0.1, -0.05) is 19.1 Å². The Hall–Kier alpha value is -1.81. The van der Waals surface area contributed by atoms with E-state index in [0.717, 1.165) is 23.3 Å². The van der Waals surface area contributed by atoms with E-state index < -0.39 is 0 Å². The number of phenolic OH excluding ortho intramolecular Hbond substituents is 2. The quantitative estimate of drug-likeness (QED) is 0.690. The Kier molecular flexibility index (Phi) is 5.02. The minimum absolute atomic E-state index is 0.00681. The summed E-state index contributed by atoms with van der Waals surface area (Å²) < 4.78 is 5.99. The minimum Gasteiger partial charge on any atom is -0.508 e. The molecule has 2 aromatic rings. The highest BCUT2D eigenvalue weighted by molar-refractivity contribution is 7.79. The lowest BCUT2D eigenvalue weighted by Gasteiger charge is -2.30. The summed E-state index contributed by atoms with van der Waals surface area (Å²) in [5.41, 5.74) is 2.11. The van der Waals surface area contributed by atoms with E-state index in [1.54, 1.807) is 30.5 Å². The van der Waals surface area contributed by atoms with Gasteiger partial charge in [-0.25, -0.2) is 0 Å². The summed E-state index contributed by atoms with van der Waals surface area (Å²) in [7, 11) is 0. The van der Waals surface area contributed by atoms with Crippen molar-refractivity contribution in [2.75, 3.05) is 6.26 Å². The van der Waals surface area contributed by atoms with Crippen LogP contribution < -0.4 is 4.74 Å². The van der Waals surface area contributed by atoms with Crippen LogP contribution in [0, 0.1) is 0 Å². The molecule has 0 fully saturated rings. The van der Waals surface area contributed by atoms with Crippen LogP contribution in [0.3, 0.4) is 0 Å². The third-order valence-corrected chi connectivity index (χ3v) is 3.63. The summed E-state index contributed by atoms with van der Waals surface area (Å²) >= 11 is 3.53. The zero-order valence-electron chi connectivity index (χ0n) is 12.2. The molecule has 4 heteroatoms. The van der Waals surface area contributed by atoms with Gasteiger partial charge in [-0.15, -0.1) is 0 Å². The predicted octanol–water partition coefficient (Wildman–Crippen LogP) is 4.27. The third-order valence-electron chi connectivity index (χ3n) is 3.63. The molecule has 0 saturated heterocycles. The monoisotopic (exact) mass is 304 g/mol. The molecule has 0 aromatic heterocycles. The fourth-order valence-corrected chi connectivity index (χ4v) is 2.57. The Bertz CT molecular complexity index is 595. The first kappa shape index (κ1) is 15.6. The van der Waals surface area contributed by atoms with Gasteiger partial charge in [0.15, 0.2) is 0 Å². The summed E-state index contributed by atoms with van der Waals surface area (Å²) in [6.45, 7) is 2.13. The molecule has 21 heavy (non-hydrogen) atoms.